The number of benzene rings is 1. The maximum absolute atomic E-state index is 12.1. The van der Waals surface area contributed by atoms with Gasteiger partial charge in [-0.05, 0) is 43.9 Å². The number of nitrogen functional groups attached to an aromatic ring is 1. The molecule has 0 unspecified atom stereocenters. The van der Waals surface area contributed by atoms with Crippen LogP contribution in [0.4, 0.5) is 5.69 Å². The highest BCUT2D eigenvalue weighted by atomic mass is 35.5. The third-order valence-electron chi connectivity index (χ3n) is 3.54. The minimum atomic E-state index is -3.71. The van der Waals surface area contributed by atoms with Gasteiger partial charge in [0.25, 0.3) is 0 Å². The molecule has 1 saturated carbocycles. The summed E-state index contributed by atoms with van der Waals surface area (Å²) in [5, 5.41) is 10.2. The van der Waals surface area contributed by atoms with E-state index in [0.717, 1.165) is 6.42 Å². The fourth-order valence-corrected chi connectivity index (χ4v) is 3.38. The summed E-state index contributed by atoms with van der Waals surface area (Å²) >= 11 is 5.93. The molecule has 0 aliphatic heterocycles. The van der Waals surface area contributed by atoms with Crippen molar-refractivity contribution in [3.05, 3.63) is 22.7 Å². The summed E-state index contributed by atoms with van der Waals surface area (Å²) in [5.74, 6) is 0. The topological polar surface area (TPSA) is 92.4 Å². The Hall–Kier alpha value is -0.820. The molecule has 0 saturated heterocycles. The van der Waals surface area contributed by atoms with Crippen LogP contribution in [-0.4, -0.2) is 25.7 Å². The molecule has 106 valence electrons. The zero-order valence-electron chi connectivity index (χ0n) is 10.6. The molecule has 5 nitrogen and oxygen atoms in total. The Labute approximate surface area is 117 Å². The van der Waals surface area contributed by atoms with Gasteiger partial charge in [0.05, 0.1) is 10.5 Å². The smallest absolute Gasteiger partial charge is 0.240 e. The average Bonchev–Trinajstić information content (AvgIpc) is 2.30. The van der Waals surface area contributed by atoms with E-state index in [0.29, 0.717) is 29.1 Å². The molecule has 1 aliphatic rings. The number of nitrogens with one attached hydrogen (secondary N) is 1. The molecular formula is C12H17ClN2O3S. The first-order chi connectivity index (χ1) is 8.73. The molecular weight excluding hydrogens is 288 g/mol. The molecule has 0 radical (unpaired) electrons. The Morgan fingerprint density at radius 2 is 2.11 bits per heavy atom. The summed E-state index contributed by atoms with van der Waals surface area (Å²) < 4.78 is 26.6. The highest BCUT2D eigenvalue weighted by molar-refractivity contribution is 7.89. The number of nitrogens with two attached hydrogens (primary N) is 1. The van der Waals surface area contributed by atoms with Crippen LogP contribution in [0.3, 0.4) is 0 Å². The van der Waals surface area contributed by atoms with Gasteiger partial charge in [-0.1, -0.05) is 11.6 Å². The third-order valence-corrected chi connectivity index (χ3v) is 5.32. The van der Waals surface area contributed by atoms with Crippen LogP contribution in [0.25, 0.3) is 0 Å². The zero-order valence-corrected chi connectivity index (χ0v) is 12.2. The minimum absolute atomic E-state index is 0.0146. The van der Waals surface area contributed by atoms with E-state index in [2.05, 4.69) is 4.72 Å². The molecule has 1 aromatic rings. The van der Waals surface area contributed by atoms with Gasteiger partial charge in [0, 0.05) is 17.3 Å². The lowest BCUT2D eigenvalue weighted by atomic mass is 9.81. The molecule has 7 heteroatoms. The highest BCUT2D eigenvalue weighted by Gasteiger charge is 2.35. The molecule has 1 aromatic carbocycles. The van der Waals surface area contributed by atoms with Crippen molar-refractivity contribution in [1.82, 2.24) is 4.72 Å². The zero-order chi connectivity index (χ0) is 14.3. The second kappa shape index (κ2) is 4.94. The number of hydrogen-bond donors (Lipinski definition) is 3. The van der Waals surface area contributed by atoms with Crippen LogP contribution in [0, 0.1) is 6.92 Å². The van der Waals surface area contributed by atoms with E-state index >= 15 is 0 Å². The number of aliphatic hydroxyl groups is 1. The van der Waals surface area contributed by atoms with Gasteiger partial charge in [-0.25, -0.2) is 13.1 Å². The van der Waals surface area contributed by atoms with E-state index in [1.807, 2.05) is 0 Å². The van der Waals surface area contributed by atoms with Crippen molar-refractivity contribution in [2.75, 3.05) is 12.3 Å². The molecule has 2 rings (SSSR count). The van der Waals surface area contributed by atoms with Crippen LogP contribution in [-0.2, 0) is 10.0 Å². The van der Waals surface area contributed by atoms with Crippen LogP contribution in [0.2, 0.25) is 5.02 Å². The Balaban J connectivity index is 2.19. The molecule has 0 aromatic heterocycles. The fraction of sp³-hybridized carbons (Fsp3) is 0.500. The van der Waals surface area contributed by atoms with Crippen molar-refractivity contribution in [1.29, 1.82) is 0 Å². The maximum atomic E-state index is 12.1. The van der Waals surface area contributed by atoms with Crippen LogP contribution in [0.5, 0.6) is 0 Å². The van der Waals surface area contributed by atoms with Gasteiger partial charge in [0.15, 0.2) is 0 Å². The Morgan fingerprint density at radius 1 is 1.47 bits per heavy atom. The predicted octanol–water partition coefficient (Wildman–Crippen LogP) is 1.42. The van der Waals surface area contributed by atoms with Crippen LogP contribution in [0.1, 0.15) is 24.8 Å². The summed E-state index contributed by atoms with van der Waals surface area (Å²) in [6.07, 6.45) is 2.15. The average molecular weight is 305 g/mol. The quantitative estimate of drug-likeness (QED) is 0.734. The molecule has 0 atom stereocenters. The second-order valence-corrected chi connectivity index (χ2v) is 7.20. The van der Waals surface area contributed by atoms with Gasteiger partial charge in [0.1, 0.15) is 0 Å². The standard InChI is InChI=1S/C12H17ClN2O3S/c1-8-10(13)5-9(6-11(8)14)19(17,18)15-7-12(16)3-2-4-12/h5-6,15-16H,2-4,7,14H2,1H3. The van der Waals surface area contributed by atoms with Crippen LogP contribution >= 0.6 is 11.6 Å². The predicted molar refractivity (Wildman–Crippen MR) is 74.6 cm³/mol. The highest BCUT2D eigenvalue weighted by Crippen LogP contribution is 2.31. The number of anilines is 1. The van der Waals surface area contributed by atoms with E-state index in [1.165, 1.54) is 12.1 Å². The van der Waals surface area contributed by atoms with E-state index in [-0.39, 0.29) is 11.4 Å². The largest absolute Gasteiger partial charge is 0.398 e. The number of hydrogen-bond acceptors (Lipinski definition) is 4. The summed E-state index contributed by atoms with van der Waals surface area (Å²) in [6.45, 7) is 1.74. The monoisotopic (exact) mass is 304 g/mol. The van der Waals surface area contributed by atoms with Crippen molar-refractivity contribution in [3.8, 4) is 0 Å². The molecule has 4 N–H and O–H groups in total. The normalized spacial score (nSPS) is 18.1. The van der Waals surface area contributed by atoms with Crippen LogP contribution in [0.15, 0.2) is 17.0 Å². The lowest BCUT2D eigenvalue weighted by Crippen LogP contribution is -2.47. The van der Waals surface area contributed by atoms with Gasteiger partial charge in [-0.15, -0.1) is 0 Å². The summed E-state index contributed by atoms with van der Waals surface area (Å²) in [7, 11) is -3.71. The Morgan fingerprint density at radius 3 is 2.58 bits per heavy atom. The fourth-order valence-electron chi connectivity index (χ4n) is 1.90. The van der Waals surface area contributed by atoms with Crippen molar-refractivity contribution in [2.24, 2.45) is 0 Å². The minimum Gasteiger partial charge on any atom is -0.398 e. The summed E-state index contributed by atoms with van der Waals surface area (Å²) in [6, 6.07) is 2.73. The van der Waals surface area contributed by atoms with Gasteiger partial charge in [-0.2, -0.15) is 0 Å². The van der Waals surface area contributed by atoms with Gasteiger partial charge < -0.3 is 10.8 Å². The SMILES string of the molecule is Cc1c(N)cc(S(=O)(=O)NCC2(O)CCC2)cc1Cl. The van der Waals surface area contributed by atoms with Gasteiger partial charge >= 0.3 is 0 Å². The van der Waals surface area contributed by atoms with E-state index in [1.54, 1.807) is 6.92 Å². The molecule has 1 fully saturated rings. The molecule has 0 amide bonds. The van der Waals surface area contributed by atoms with Crippen LogP contribution < -0.4 is 10.5 Å². The number of halogens is 1. The molecule has 19 heavy (non-hydrogen) atoms. The van der Waals surface area contributed by atoms with Crippen molar-refractivity contribution in [2.45, 2.75) is 36.7 Å². The second-order valence-electron chi connectivity index (χ2n) is 5.02. The molecule has 1 aliphatic carbocycles. The Bertz CT molecular complexity index is 574. The number of rotatable bonds is 4. The van der Waals surface area contributed by atoms with Gasteiger partial charge in [0.2, 0.25) is 10.0 Å². The number of sulfonamides is 1. The van der Waals surface area contributed by atoms with Gasteiger partial charge in [-0.3, -0.25) is 0 Å². The Kier molecular flexibility index (Phi) is 3.79. The van der Waals surface area contributed by atoms with E-state index in [4.69, 9.17) is 17.3 Å². The van der Waals surface area contributed by atoms with Crippen molar-refractivity contribution < 1.29 is 13.5 Å². The molecule has 0 heterocycles. The van der Waals surface area contributed by atoms with Crippen molar-refractivity contribution >= 4 is 27.3 Å². The van der Waals surface area contributed by atoms with E-state index in [9.17, 15) is 13.5 Å². The molecule has 0 bridgehead atoms. The first-order valence-corrected chi connectivity index (χ1v) is 7.87. The third kappa shape index (κ3) is 3.02. The van der Waals surface area contributed by atoms with E-state index < -0.39 is 15.6 Å². The summed E-state index contributed by atoms with van der Waals surface area (Å²) in [4.78, 5) is 0.0172. The first kappa shape index (κ1) is 14.6. The van der Waals surface area contributed by atoms with Crippen molar-refractivity contribution in [3.63, 3.8) is 0 Å². The first-order valence-electron chi connectivity index (χ1n) is 6.01. The lowest BCUT2D eigenvalue weighted by Gasteiger charge is -2.36. The summed E-state index contributed by atoms with van der Waals surface area (Å²) in [5.41, 5.74) is 5.78. The maximum Gasteiger partial charge on any atom is 0.240 e. The molecule has 0 spiro atoms. The lowest BCUT2D eigenvalue weighted by molar-refractivity contribution is -0.0270.